The lowest BCUT2D eigenvalue weighted by atomic mass is 9.96. The summed E-state index contributed by atoms with van der Waals surface area (Å²) in [6.45, 7) is 6.40. The van der Waals surface area contributed by atoms with Crippen LogP contribution >= 0.6 is 11.6 Å². The van der Waals surface area contributed by atoms with Crippen molar-refractivity contribution in [2.75, 3.05) is 18.4 Å². The number of ether oxygens (including phenoxy) is 2. The second-order valence-electron chi connectivity index (χ2n) is 10.8. The first kappa shape index (κ1) is 29.1. The molecule has 2 amide bonds. The molecule has 2 aromatic carbocycles. The fourth-order valence-corrected chi connectivity index (χ4v) is 4.63. The minimum absolute atomic E-state index is 0.0757. The van der Waals surface area contributed by atoms with E-state index >= 15 is 0 Å². The molecule has 0 saturated carbocycles. The van der Waals surface area contributed by atoms with Gasteiger partial charge in [-0.15, -0.1) is 0 Å². The van der Waals surface area contributed by atoms with Crippen LogP contribution in [0.25, 0.3) is 0 Å². The van der Waals surface area contributed by atoms with Gasteiger partial charge < -0.3 is 19.7 Å². The van der Waals surface area contributed by atoms with Crippen molar-refractivity contribution in [3.8, 4) is 11.5 Å². The number of nitrogens with one attached hydrogen (secondary N) is 1. The van der Waals surface area contributed by atoms with E-state index in [0.29, 0.717) is 54.7 Å². The minimum atomic E-state index is -0.557. The molecule has 9 heteroatoms. The molecule has 1 saturated heterocycles. The molecule has 1 aliphatic rings. The van der Waals surface area contributed by atoms with Crippen LogP contribution in [-0.2, 0) is 27.2 Å². The Labute approximate surface area is 239 Å². The topological polar surface area (TPSA) is 97.8 Å². The van der Waals surface area contributed by atoms with E-state index in [1.807, 2.05) is 51.1 Å². The third-order valence-electron chi connectivity index (χ3n) is 6.39. The van der Waals surface area contributed by atoms with Gasteiger partial charge in [-0.25, -0.2) is 9.78 Å². The number of likely N-dealkylation sites (tertiary alicyclic amines) is 1. The maximum Gasteiger partial charge on any atom is 0.410 e. The number of benzene rings is 2. The Bertz CT molecular complexity index is 1350. The van der Waals surface area contributed by atoms with Crippen LogP contribution < -0.4 is 10.1 Å². The van der Waals surface area contributed by atoms with Crippen LogP contribution in [0.2, 0.25) is 5.02 Å². The summed E-state index contributed by atoms with van der Waals surface area (Å²) in [6.07, 6.45) is 2.86. The molecule has 8 nitrogen and oxygen atoms in total. The zero-order valence-corrected chi connectivity index (χ0v) is 23.7. The zero-order chi connectivity index (χ0) is 28.7. The summed E-state index contributed by atoms with van der Waals surface area (Å²) >= 11 is 6.46. The van der Waals surface area contributed by atoms with Crippen LogP contribution in [0.5, 0.6) is 11.5 Å². The van der Waals surface area contributed by atoms with E-state index in [1.165, 1.54) is 0 Å². The summed E-state index contributed by atoms with van der Waals surface area (Å²) in [5.41, 5.74) is 1.14. The van der Waals surface area contributed by atoms with Crippen molar-refractivity contribution in [1.29, 1.82) is 0 Å². The van der Waals surface area contributed by atoms with Gasteiger partial charge in [0.05, 0.1) is 0 Å². The maximum atomic E-state index is 12.9. The number of Topliss-reactive ketones (excluding diaryl/α,β-unsaturated/α-hetero) is 1. The van der Waals surface area contributed by atoms with Crippen molar-refractivity contribution < 1.29 is 23.9 Å². The Morgan fingerprint density at radius 3 is 2.35 bits per heavy atom. The summed E-state index contributed by atoms with van der Waals surface area (Å²) < 4.78 is 11.4. The number of carbonyl (C=O) groups excluding carboxylic acids is 3. The van der Waals surface area contributed by atoms with Gasteiger partial charge in [0.15, 0.2) is 0 Å². The van der Waals surface area contributed by atoms with E-state index in [1.54, 1.807) is 41.4 Å². The van der Waals surface area contributed by atoms with E-state index in [4.69, 9.17) is 21.1 Å². The summed E-state index contributed by atoms with van der Waals surface area (Å²) in [6, 6.07) is 18.1. The van der Waals surface area contributed by atoms with Gasteiger partial charge in [0.25, 0.3) is 0 Å². The second kappa shape index (κ2) is 13.0. The number of hydrogen-bond donors (Lipinski definition) is 1. The highest BCUT2D eigenvalue weighted by Gasteiger charge is 2.30. The quantitative estimate of drug-likeness (QED) is 0.337. The number of carbonyl (C=O) groups is 3. The Morgan fingerprint density at radius 1 is 0.975 bits per heavy atom. The van der Waals surface area contributed by atoms with Crippen LogP contribution in [0.15, 0.2) is 66.9 Å². The number of amides is 2. The Kier molecular flexibility index (Phi) is 9.42. The molecule has 0 unspecified atom stereocenters. The van der Waals surface area contributed by atoms with E-state index in [-0.39, 0.29) is 30.1 Å². The predicted octanol–water partition coefficient (Wildman–Crippen LogP) is 6.47. The SMILES string of the molecule is CC(C)(C)OC(=O)N1CCC(C(=O)Nc2cc(Oc3ccc(CC(=O)Cc4ccccc4)c(Cl)c3)ccn2)CC1. The molecule has 2 heterocycles. The van der Waals surface area contributed by atoms with Gasteiger partial charge in [0, 0.05) is 49.1 Å². The van der Waals surface area contributed by atoms with Gasteiger partial charge in [-0.3, -0.25) is 9.59 Å². The molecule has 0 aliphatic carbocycles. The minimum Gasteiger partial charge on any atom is -0.457 e. The highest BCUT2D eigenvalue weighted by molar-refractivity contribution is 6.31. The first-order valence-corrected chi connectivity index (χ1v) is 13.7. The fraction of sp³-hybridized carbons (Fsp3) is 0.355. The standard InChI is InChI=1S/C31H34ClN3O5/c1-31(2,3)40-30(38)35-15-12-22(13-16-35)29(37)34-28-20-26(11-14-33-28)39-25-10-9-23(27(32)19-25)18-24(36)17-21-7-5-4-6-8-21/h4-11,14,19-20,22H,12-13,15-18H2,1-3H3,(H,33,34,37). The lowest BCUT2D eigenvalue weighted by Gasteiger charge is -2.32. The highest BCUT2D eigenvalue weighted by atomic mass is 35.5. The Morgan fingerprint density at radius 2 is 1.68 bits per heavy atom. The van der Waals surface area contributed by atoms with Gasteiger partial charge in [-0.1, -0.05) is 48.0 Å². The van der Waals surface area contributed by atoms with Crippen molar-refractivity contribution in [1.82, 2.24) is 9.88 Å². The summed E-state index contributed by atoms with van der Waals surface area (Å²) in [4.78, 5) is 43.5. The van der Waals surface area contributed by atoms with Crippen molar-refractivity contribution in [2.24, 2.45) is 5.92 Å². The average molecular weight is 564 g/mol. The number of piperidine rings is 1. The predicted molar refractivity (Wildman–Crippen MR) is 154 cm³/mol. The van der Waals surface area contributed by atoms with E-state index in [0.717, 1.165) is 11.1 Å². The van der Waals surface area contributed by atoms with Gasteiger partial charge in [0.2, 0.25) is 5.91 Å². The van der Waals surface area contributed by atoms with Crippen LogP contribution in [0.1, 0.15) is 44.7 Å². The summed E-state index contributed by atoms with van der Waals surface area (Å²) in [5, 5.41) is 3.30. The van der Waals surface area contributed by atoms with Crippen molar-refractivity contribution in [3.63, 3.8) is 0 Å². The number of ketones is 1. The van der Waals surface area contributed by atoms with Gasteiger partial charge >= 0.3 is 6.09 Å². The third kappa shape index (κ3) is 8.55. The first-order chi connectivity index (χ1) is 19.1. The van der Waals surface area contributed by atoms with Gasteiger partial charge in [-0.05, 0) is 62.9 Å². The van der Waals surface area contributed by atoms with Crippen LogP contribution in [-0.4, -0.2) is 46.4 Å². The molecule has 3 aromatic rings. The van der Waals surface area contributed by atoms with E-state index in [9.17, 15) is 14.4 Å². The highest BCUT2D eigenvalue weighted by Crippen LogP contribution is 2.29. The lowest BCUT2D eigenvalue weighted by molar-refractivity contribution is -0.121. The third-order valence-corrected chi connectivity index (χ3v) is 6.74. The molecule has 40 heavy (non-hydrogen) atoms. The lowest BCUT2D eigenvalue weighted by Crippen LogP contribution is -2.43. The zero-order valence-electron chi connectivity index (χ0n) is 23.0. The molecule has 1 N–H and O–H groups in total. The molecule has 0 atom stereocenters. The summed E-state index contributed by atoms with van der Waals surface area (Å²) in [7, 11) is 0. The smallest absolute Gasteiger partial charge is 0.410 e. The number of anilines is 1. The number of nitrogens with zero attached hydrogens (tertiary/aromatic N) is 2. The largest absolute Gasteiger partial charge is 0.457 e. The monoisotopic (exact) mass is 563 g/mol. The van der Waals surface area contributed by atoms with Crippen molar-refractivity contribution >= 4 is 35.2 Å². The number of hydrogen-bond acceptors (Lipinski definition) is 6. The van der Waals surface area contributed by atoms with Crippen LogP contribution in [0.4, 0.5) is 10.6 Å². The number of rotatable bonds is 8. The Hall–Kier alpha value is -3.91. The van der Waals surface area contributed by atoms with E-state index < -0.39 is 5.60 Å². The molecule has 210 valence electrons. The Balaban J connectivity index is 1.29. The summed E-state index contributed by atoms with van der Waals surface area (Å²) in [5.74, 6) is 1.04. The number of pyridine rings is 1. The normalized spacial score (nSPS) is 13.9. The molecular formula is C31H34ClN3O5. The first-order valence-electron chi connectivity index (χ1n) is 13.3. The molecular weight excluding hydrogens is 530 g/mol. The van der Waals surface area contributed by atoms with Crippen LogP contribution in [0.3, 0.4) is 0 Å². The van der Waals surface area contributed by atoms with Gasteiger partial charge in [-0.2, -0.15) is 0 Å². The molecule has 1 aromatic heterocycles. The number of aromatic nitrogens is 1. The number of halogens is 1. The fourth-order valence-electron chi connectivity index (χ4n) is 4.39. The molecule has 0 spiro atoms. The molecule has 1 fully saturated rings. The molecule has 4 rings (SSSR count). The van der Waals surface area contributed by atoms with E-state index in [2.05, 4.69) is 10.3 Å². The second-order valence-corrected chi connectivity index (χ2v) is 11.2. The van der Waals surface area contributed by atoms with Crippen molar-refractivity contribution in [2.45, 2.75) is 52.1 Å². The van der Waals surface area contributed by atoms with Crippen LogP contribution in [0, 0.1) is 5.92 Å². The maximum absolute atomic E-state index is 12.9. The molecule has 0 radical (unpaired) electrons. The van der Waals surface area contributed by atoms with Crippen molar-refractivity contribution in [3.05, 3.63) is 83.0 Å². The molecule has 0 bridgehead atoms. The molecule has 1 aliphatic heterocycles. The van der Waals surface area contributed by atoms with Gasteiger partial charge in [0.1, 0.15) is 28.7 Å². The average Bonchev–Trinajstić information content (AvgIpc) is 2.90.